The van der Waals surface area contributed by atoms with Crippen molar-refractivity contribution in [3.05, 3.63) is 64.9 Å². The van der Waals surface area contributed by atoms with Crippen molar-refractivity contribution in [1.29, 1.82) is 0 Å². The van der Waals surface area contributed by atoms with Crippen LogP contribution in [-0.4, -0.2) is 25.9 Å². The fourth-order valence-electron chi connectivity index (χ4n) is 1.78. The van der Waals surface area contributed by atoms with Gasteiger partial charge in [0, 0.05) is 11.2 Å². The highest BCUT2D eigenvalue weighted by Crippen LogP contribution is 2.11. The zero-order chi connectivity index (χ0) is 16.7. The Bertz CT molecular complexity index is 749. The minimum Gasteiger partial charge on any atom is -0.349 e. The molecule has 0 atom stereocenters. The summed E-state index contributed by atoms with van der Waals surface area (Å²) in [5.41, 5.74) is 1.29. The maximum Gasteiger partial charge on any atom is 0.235 e. The number of halogens is 1. The van der Waals surface area contributed by atoms with Crippen molar-refractivity contribution in [2.24, 2.45) is 0 Å². The van der Waals surface area contributed by atoms with E-state index in [0.29, 0.717) is 16.3 Å². The van der Waals surface area contributed by atoms with E-state index in [-0.39, 0.29) is 18.8 Å². The molecule has 1 amide bonds. The molecule has 0 aliphatic carbocycles. The van der Waals surface area contributed by atoms with Crippen LogP contribution in [0.4, 0.5) is 0 Å². The summed E-state index contributed by atoms with van der Waals surface area (Å²) in [5.74, 6) is -0.632. The fourth-order valence-corrected chi connectivity index (χ4v) is 2.99. The van der Waals surface area contributed by atoms with Gasteiger partial charge in [-0.25, -0.2) is 13.1 Å². The number of nitrogens with zero attached hydrogens (tertiary/aromatic N) is 1. The van der Waals surface area contributed by atoms with Crippen LogP contribution in [0.3, 0.4) is 0 Å². The van der Waals surface area contributed by atoms with Gasteiger partial charge in [0.1, 0.15) is 0 Å². The molecule has 23 heavy (non-hydrogen) atoms. The standard InChI is InChI=1S/C15H16ClN3O3S/c16-13-6-4-12(5-7-13)11-23(21,22)19-10-15(20)18-9-14-3-1-2-8-17-14/h1-8,19H,9-11H2,(H,18,20). The molecule has 6 nitrogen and oxygen atoms in total. The molecule has 0 aliphatic rings. The second-order valence-corrected chi connectivity index (χ2v) is 7.05. The Labute approximate surface area is 139 Å². The molecule has 0 aliphatic heterocycles. The largest absolute Gasteiger partial charge is 0.349 e. The molecular weight excluding hydrogens is 338 g/mol. The number of sulfonamides is 1. The molecule has 0 spiro atoms. The molecule has 2 N–H and O–H groups in total. The Hall–Kier alpha value is -1.96. The van der Waals surface area contributed by atoms with Crippen LogP contribution < -0.4 is 10.0 Å². The van der Waals surface area contributed by atoms with Crippen LogP contribution in [0.2, 0.25) is 5.02 Å². The lowest BCUT2D eigenvalue weighted by molar-refractivity contribution is -0.120. The third kappa shape index (κ3) is 6.35. The lowest BCUT2D eigenvalue weighted by Gasteiger charge is -2.08. The molecule has 1 aromatic carbocycles. The molecule has 1 heterocycles. The Balaban J connectivity index is 1.79. The summed E-state index contributed by atoms with van der Waals surface area (Å²) >= 11 is 5.75. The number of aromatic nitrogens is 1. The molecule has 2 aromatic rings. The lowest BCUT2D eigenvalue weighted by atomic mass is 10.2. The molecule has 0 saturated carbocycles. The van der Waals surface area contributed by atoms with Crippen molar-refractivity contribution >= 4 is 27.5 Å². The number of benzene rings is 1. The van der Waals surface area contributed by atoms with Gasteiger partial charge in [0.2, 0.25) is 15.9 Å². The molecule has 2 rings (SSSR count). The number of amides is 1. The Morgan fingerprint density at radius 1 is 1.13 bits per heavy atom. The van der Waals surface area contributed by atoms with E-state index in [1.165, 1.54) is 0 Å². The molecule has 0 saturated heterocycles. The number of hydrogen-bond donors (Lipinski definition) is 2. The normalized spacial score (nSPS) is 11.2. The van der Waals surface area contributed by atoms with Crippen molar-refractivity contribution < 1.29 is 13.2 Å². The van der Waals surface area contributed by atoms with Gasteiger partial charge < -0.3 is 5.32 Å². The Kier molecular flexibility index (Phi) is 6.09. The lowest BCUT2D eigenvalue weighted by Crippen LogP contribution is -2.37. The highest BCUT2D eigenvalue weighted by Gasteiger charge is 2.13. The van der Waals surface area contributed by atoms with E-state index < -0.39 is 15.9 Å². The molecular formula is C15H16ClN3O3S. The molecule has 122 valence electrons. The summed E-state index contributed by atoms with van der Waals surface area (Å²) in [6, 6.07) is 11.8. The van der Waals surface area contributed by atoms with Gasteiger partial charge in [-0.05, 0) is 29.8 Å². The van der Waals surface area contributed by atoms with Gasteiger partial charge in [0.15, 0.2) is 0 Å². The smallest absolute Gasteiger partial charge is 0.235 e. The van der Waals surface area contributed by atoms with Crippen molar-refractivity contribution in [3.63, 3.8) is 0 Å². The molecule has 0 unspecified atom stereocenters. The van der Waals surface area contributed by atoms with E-state index in [0.717, 1.165) is 0 Å². The number of hydrogen-bond acceptors (Lipinski definition) is 4. The third-order valence-electron chi connectivity index (χ3n) is 2.92. The van der Waals surface area contributed by atoms with Gasteiger partial charge in [-0.15, -0.1) is 0 Å². The molecule has 1 aromatic heterocycles. The number of rotatable bonds is 7. The predicted molar refractivity (Wildman–Crippen MR) is 88.2 cm³/mol. The number of pyridine rings is 1. The second-order valence-electron chi connectivity index (χ2n) is 4.80. The van der Waals surface area contributed by atoms with Crippen molar-refractivity contribution in [3.8, 4) is 0 Å². The summed E-state index contributed by atoms with van der Waals surface area (Å²) in [7, 11) is -3.60. The van der Waals surface area contributed by atoms with Crippen LogP contribution in [0.1, 0.15) is 11.3 Å². The maximum atomic E-state index is 11.9. The fraction of sp³-hybridized carbons (Fsp3) is 0.200. The first-order valence-corrected chi connectivity index (χ1v) is 8.86. The zero-order valence-electron chi connectivity index (χ0n) is 12.2. The summed E-state index contributed by atoms with van der Waals surface area (Å²) in [6.07, 6.45) is 1.62. The van der Waals surface area contributed by atoms with Crippen LogP contribution in [0.25, 0.3) is 0 Å². The first-order valence-electron chi connectivity index (χ1n) is 6.83. The van der Waals surface area contributed by atoms with E-state index in [1.807, 2.05) is 6.07 Å². The molecule has 8 heteroatoms. The summed E-state index contributed by atoms with van der Waals surface area (Å²) in [5, 5.41) is 3.13. The average Bonchev–Trinajstić information content (AvgIpc) is 2.54. The summed E-state index contributed by atoms with van der Waals surface area (Å²) in [6.45, 7) is -0.0681. The van der Waals surface area contributed by atoms with Gasteiger partial charge in [0.25, 0.3) is 0 Å². The van der Waals surface area contributed by atoms with Crippen LogP contribution in [-0.2, 0) is 27.1 Å². The molecule has 0 fully saturated rings. The zero-order valence-corrected chi connectivity index (χ0v) is 13.8. The molecule has 0 radical (unpaired) electrons. The minimum atomic E-state index is -3.60. The average molecular weight is 354 g/mol. The first-order chi connectivity index (χ1) is 10.9. The van der Waals surface area contributed by atoms with Crippen molar-refractivity contribution in [2.75, 3.05) is 6.54 Å². The predicted octanol–water partition coefficient (Wildman–Crippen LogP) is 1.47. The topological polar surface area (TPSA) is 88.2 Å². The SMILES string of the molecule is O=C(CNS(=O)(=O)Cc1ccc(Cl)cc1)NCc1ccccn1. The van der Waals surface area contributed by atoms with Crippen molar-refractivity contribution in [2.45, 2.75) is 12.3 Å². The van der Waals surface area contributed by atoms with Crippen LogP contribution in [0.5, 0.6) is 0 Å². The Morgan fingerprint density at radius 3 is 2.52 bits per heavy atom. The highest BCUT2D eigenvalue weighted by atomic mass is 35.5. The first kappa shape index (κ1) is 17.4. The Morgan fingerprint density at radius 2 is 1.87 bits per heavy atom. The van der Waals surface area contributed by atoms with Gasteiger partial charge in [-0.3, -0.25) is 9.78 Å². The van der Waals surface area contributed by atoms with Crippen LogP contribution in [0.15, 0.2) is 48.7 Å². The van der Waals surface area contributed by atoms with E-state index >= 15 is 0 Å². The van der Waals surface area contributed by atoms with E-state index in [9.17, 15) is 13.2 Å². The van der Waals surface area contributed by atoms with Crippen LogP contribution >= 0.6 is 11.6 Å². The van der Waals surface area contributed by atoms with Crippen molar-refractivity contribution in [1.82, 2.24) is 15.0 Å². The minimum absolute atomic E-state index is 0.211. The van der Waals surface area contributed by atoms with Crippen LogP contribution in [0, 0.1) is 0 Å². The van der Waals surface area contributed by atoms with E-state index in [1.54, 1.807) is 42.6 Å². The van der Waals surface area contributed by atoms with Gasteiger partial charge in [0.05, 0.1) is 24.5 Å². The number of nitrogens with one attached hydrogen (secondary N) is 2. The van der Waals surface area contributed by atoms with Gasteiger partial charge >= 0.3 is 0 Å². The van der Waals surface area contributed by atoms with Gasteiger partial charge in [-0.1, -0.05) is 29.8 Å². The van der Waals surface area contributed by atoms with Gasteiger partial charge in [-0.2, -0.15) is 0 Å². The number of carbonyl (C=O) groups excluding carboxylic acids is 1. The quantitative estimate of drug-likeness (QED) is 0.789. The second kappa shape index (κ2) is 8.05. The maximum absolute atomic E-state index is 11.9. The summed E-state index contributed by atoms with van der Waals surface area (Å²) in [4.78, 5) is 15.7. The van der Waals surface area contributed by atoms with E-state index in [2.05, 4.69) is 15.0 Å². The molecule has 0 bridgehead atoms. The third-order valence-corrected chi connectivity index (χ3v) is 4.46. The van der Waals surface area contributed by atoms with E-state index in [4.69, 9.17) is 11.6 Å². The monoisotopic (exact) mass is 353 g/mol. The number of carbonyl (C=O) groups is 1. The summed E-state index contributed by atoms with van der Waals surface area (Å²) < 4.78 is 26.1. The highest BCUT2D eigenvalue weighted by molar-refractivity contribution is 7.88.